The highest BCUT2D eigenvalue weighted by molar-refractivity contribution is 5.73. The van der Waals surface area contributed by atoms with Crippen LogP contribution >= 0.6 is 0 Å². The van der Waals surface area contributed by atoms with E-state index in [1.807, 2.05) is 0 Å². The van der Waals surface area contributed by atoms with Crippen LogP contribution in [0.2, 0.25) is 0 Å². The van der Waals surface area contributed by atoms with Crippen molar-refractivity contribution in [3.63, 3.8) is 0 Å². The minimum atomic E-state index is 0.0800. The van der Waals surface area contributed by atoms with Crippen LogP contribution in [-0.2, 0) is 4.79 Å². The molecule has 2 aliphatic rings. The number of hydrogen-bond acceptors (Lipinski definition) is 3. The summed E-state index contributed by atoms with van der Waals surface area (Å²) in [4.78, 5) is 13.8. The van der Waals surface area contributed by atoms with Crippen LogP contribution in [0.15, 0.2) is 0 Å². The molecule has 1 saturated heterocycles. The van der Waals surface area contributed by atoms with Crippen LogP contribution in [0.4, 0.5) is 0 Å². The molecular weight excluding hydrogens is 240 g/mol. The maximum Gasteiger partial charge on any atom is 0.217 e. The maximum atomic E-state index is 11.3. The Hall–Kier alpha value is -0.610. The number of nitrogens with one attached hydrogen (secondary N) is 1. The second kappa shape index (κ2) is 7.25. The Morgan fingerprint density at radius 2 is 2.11 bits per heavy atom. The van der Waals surface area contributed by atoms with E-state index >= 15 is 0 Å². The predicted octanol–water partition coefficient (Wildman–Crippen LogP) is 1.39. The van der Waals surface area contributed by atoms with Gasteiger partial charge in [0.25, 0.3) is 0 Å². The molecule has 0 aromatic rings. The molecule has 2 rings (SSSR count). The molecular formula is C15H28N2O2. The van der Waals surface area contributed by atoms with Gasteiger partial charge >= 0.3 is 0 Å². The molecule has 110 valence electrons. The first-order valence-electron chi connectivity index (χ1n) is 7.77. The van der Waals surface area contributed by atoms with Crippen molar-refractivity contribution in [2.75, 3.05) is 26.2 Å². The highest BCUT2D eigenvalue weighted by atomic mass is 16.2. The molecule has 0 aromatic carbocycles. The Balaban J connectivity index is 1.84. The minimum absolute atomic E-state index is 0.0800. The molecule has 2 N–H and O–H groups in total. The van der Waals surface area contributed by atoms with Gasteiger partial charge in [0, 0.05) is 39.2 Å². The number of nitrogens with zero attached hydrogens (tertiary/aromatic N) is 1. The van der Waals surface area contributed by atoms with Crippen LogP contribution in [0.1, 0.15) is 45.4 Å². The number of carbonyl (C=O) groups is 1. The van der Waals surface area contributed by atoms with Gasteiger partial charge in [-0.05, 0) is 43.9 Å². The minimum Gasteiger partial charge on any atom is -0.396 e. The van der Waals surface area contributed by atoms with Gasteiger partial charge in [-0.3, -0.25) is 4.79 Å². The van der Waals surface area contributed by atoms with Crippen molar-refractivity contribution < 1.29 is 9.90 Å². The lowest BCUT2D eigenvalue weighted by Crippen LogP contribution is -2.51. The molecule has 1 aliphatic heterocycles. The van der Waals surface area contributed by atoms with E-state index in [0.29, 0.717) is 12.0 Å². The van der Waals surface area contributed by atoms with Crippen LogP contribution in [0.25, 0.3) is 0 Å². The van der Waals surface area contributed by atoms with Crippen molar-refractivity contribution in [1.82, 2.24) is 10.2 Å². The summed E-state index contributed by atoms with van der Waals surface area (Å²) in [5.41, 5.74) is 0. The zero-order chi connectivity index (χ0) is 13.7. The van der Waals surface area contributed by atoms with Gasteiger partial charge in [-0.15, -0.1) is 0 Å². The number of aliphatic hydroxyl groups excluding tert-OH is 1. The van der Waals surface area contributed by atoms with E-state index in [0.717, 1.165) is 38.3 Å². The zero-order valence-corrected chi connectivity index (χ0v) is 12.1. The number of carbonyl (C=O) groups excluding carboxylic acids is 1. The third-order valence-electron chi connectivity index (χ3n) is 4.53. The quantitative estimate of drug-likeness (QED) is 0.765. The first kappa shape index (κ1) is 14.8. The lowest BCUT2D eigenvalue weighted by Gasteiger charge is -2.41. The van der Waals surface area contributed by atoms with Gasteiger partial charge in [0.1, 0.15) is 0 Å². The molecule has 1 heterocycles. The fraction of sp³-hybridized carbons (Fsp3) is 0.933. The van der Waals surface area contributed by atoms with Crippen LogP contribution < -0.4 is 5.32 Å². The number of rotatable bonds is 6. The second-order valence-corrected chi connectivity index (χ2v) is 6.38. The summed E-state index contributed by atoms with van der Waals surface area (Å²) in [6.45, 7) is 5.24. The molecule has 1 amide bonds. The molecule has 4 nitrogen and oxygen atoms in total. The molecule has 1 saturated carbocycles. The van der Waals surface area contributed by atoms with E-state index in [1.54, 1.807) is 6.92 Å². The van der Waals surface area contributed by atoms with Crippen molar-refractivity contribution in [3.8, 4) is 0 Å². The summed E-state index contributed by atoms with van der Waals surface area (Å²) < 4.78 is 0. The highest BCUT2D eigenvalue weighted by Gasteiger charge is 2.30. The number of aliphatic hydroxyl groups is 1. The average Bonchev–Trinajstić information content (AvgIpc) is 2.30. The Morgan fingerprint density at radius 3 is 2.68 bits per heavy atom. The Labute approximate surface area is 116 Å². The number of amides is 1. The molecule has 0 aromatic heterocycles. The second-order valence-electron chi connectivity index (χ2n) is 6.38. The summed E-state index contributed by atoms with van der Waals surface area (Å²) in [6.07, 6.45) is 7.18. The van der Waals surface area contributed by atoms with Crippen molar-refractivity contribution in [3.05, 3.63) is 0 Å². The SMILES string of the molecule is CC(=O)NC1CC(CCCO)CN(CC2CCC2)C1. The van der Waals surface area contributed by atoms with E-state index in [2.05, 4.69) is 10.2 Å². The summed E-state index contributed by atoms with van der Waals surface area (Å²) in [6, 6.07) is 0.301. The van der Waals surface area contributed by atoms with Crippen molar-refractivity contribution in [2.45, 2.75) is 51.5 Å². The Bertz CT molecular complexity index is 292. The van der Waals surface area contributed by atoms with E-state index < -0.39 is 0 Å². The summed E-state index contributed by atoms with van der Waals surface area (Å²) >= 11 is 0. The number of likely N-dealkylation sites (tertiary alicyclic amines) is 1. The molecule has 1 aliphatic carbocycles. The van der Waals surface area contributed by atoms with Crippen LogP contribution in [0.3, 0.4) is 0 Å². The number of hydrogen-bond donors (Lipinski definition) is 2. The topological polar surface area (TPSA) is 52.6 Å². The molecule has 2 fully saturated rings. The van der Waals surface area contributed by atoms with Crippen molar-refractivity contribution >= 4 is 5.91 Å². The monoisotopic (exact) mass is 268 g/mol. The first-order valence-corrected chi connectivity index (χ1v) is 7.77. The van der Waals surface area contributed by atoms with E-state index in [1.165, 1.54) is 25.8 Å². The fourth-order valence-electron chi connectivity index (χ4n) is 3.47. The molecule has 19 heavy (non-hydrogen) atoms. The molecule has 4 heteroatoms. The maximum absolute atomic E-state index is 11.3. The van der Waals surface area contributed by atoms with Gasteiger partial charge in [0.2, 0.25) is 5.91 Å². The van der Waals surface area contributed by atoms with E-state index in [9.17, 15) is 4.79 Å². The van der Waals surface area contributed by atoms with Crippen LogP contribution in [-0.4, -0.2) is 48.2 Å². The Kier molecular flexibility index (Phi) is 5.64. The molecule has 0 spiro atoms. The largest absolute Gasteiger partial charge is 0.396 e. The average molecular weight is 268 g/mol. The standard InChI is InChI=1S/C15H28N2O2/c1-12(19)16-15-8-14(6-3-7-18)10-17(11-15)9-13-4-2-5-13/h13-15,18H,2-11H2,1H3,(H,16,19). The summed E-state index contributed by atoms with van der Waals surface area (Å²) in [7, 11) is 0. The van der Waals surface area contributed by atoms with E-state index in [4.69, 9.17) is 5.11 Å². The van der Waals surface area contributed by atoms with E-state index in [-0.39, 0.29) is 12.5 Å². The summed E-state index contributed by atoms with van der Waals surface area (Å²) in [5, 5.41) is 12.1. The third kappa shape index (κ3) is 4.77. The van der Waals surface area contributed by atoms with Crippen LogP contribution in [0, 0.1) is 11.8 Å². The first-order chi connectivity index (χ1) is 9.17. The lowest BCUT2D eigenvalue weighted by atomic mass is 9.83. The smallest absolute Gasteiger partial charge is 0.217 e. The van der Waals surface area contributed by atoms with Crippen LogP contribution in [0.5, 0.6) is 0 Å². The van der Waals surface area contributed by atoms with Gasteiger partial charge in [0.15, 0.2) is 0 Å². The van der Waals surface area contributed by atoms with Gasteiger partial charge < -0.3 is 15.3 Å². The third-order valence-corrected chi connectivity index (χ3v) is 4.53. The lowest BCUT2D eigenvalue weighted by molar-refractivity contribution is -0.120. The van der Waals surface area contributed by atoms with Gasteiger partial charge in [-0.2, -0.15) is 0 Å². The van der Waals surface area contributed by atoms with Gasteiger partial charge in [0.05, 0.1) is 0 Å². The normalized spacial score (nSPS) is 28.9. The van der Waals surface area contributed by atoms with Gasteiger partial charge in [-0.25, -0.2) is 0 Å². The van der Waals surface area contributed by atoms with Gasteiger partial charge in [-0.1, -0.05) is 6.42 Å². The van der Waals surface area contributed by atoms with Crippen molar-refractivity contribution in [2.24, 2.45) is 11.8 Å². The number of piperidine rings is 1. The molecule has 2 atom stereocenters. The molecule has 2 unspecified atom stereocenters. The summed E-state index contributed by atoms with van der Waals surface area (Å²) in [5.74, 6) is 1.59. The predicted molar refractivity (Wildman–Crippen MR) is 75.8 cm³/mol. The Morgan fingerprint density at radius 1 is 1.32 bits per heavy atom. The fourth-order valence-corrected chi connectivity index (χ4v) is 3.47. The molecule has 0 radical (unpaired) electrons. The molecule has 0 bridgehead atoms. The highest BCUT2D eigenvalue weighted by Crippen LogP contribution is 2.29. The van der Waals surface area contributed by atoms with Crippen molar-refractivity contribution in [1.29, 1.82) is 0 Å². The zero-order valence-electron chi connectivity index (χ0n) is 12.1.